The number of nitrogens with one attached hydrogen (secondary N) is 1. The van der Waals surface area contributed by atoms with E-state index in [4.69, 9.17) is 10.00 Å². The fourth-order valence-electron chi connectivity index (χ4n) is 1.34. The normalized spacial score (nSPS) is 15.7. The largest absolute Gasteiger partial charge is 0.371 e. The maximum Gasteiger partial charge on any atom is 0.128 e. The highest BCUT2D eigenvalue weighted by Gasteiger charge is 2.17. The van der Waals surface area contributed by atoms with Gasteiger partial charge in [-0.2, -0.15) is 5.26 Å². The van der Waals surface area contributed by atoms with E-state index in [0.29, 0.717) is 11.1 Å². The van der Waals surface area contributed by atoms with Crippen LogP contribution in [0.3, 0.4) is 0 Å². The molecule has 0 aromatic heterocycles. The van der Waals surface area contributed by atoms with Crippen LogP contribution >= 0.6 is 0 Å². The number of nitriles is 1. The van der Waals surface area contributed by atoms with E-state index in [1.54, 1.807) is 0 Å². The molecule has 3 nitrogen and oxygen atoms in total. The lowest BCUT2D eigenvalue weighted by molar-refractivity contribution is 0.00637. The van der Waals surface area contributed by atoms with Crippen LogP contribution in [-0.2, 0) is 11.3 Å². The van der Waals surface area contributed by atoms with Crippen LogP contribution in [0.1, 0.15) is 11.1 Å². The van der Waals surface area contributed by atoms with Gasteiger partial charge in [0.15, 0.2) is 0 Å². The van der Waals surface area contributed by atoms with Crippen LogP contribution < -0.4 is 5.32 Å². The molecular formula is C11H11FN2O. The summed E-state index contributed by atoms with van der Waals surface area (Å²) >= 11 is 0. The molecule has 1 aliphatic heterocycles. The van der Waals surface area contributed by atoms with Crippen molar-refractivity contribution in [2.24, 2.45) is 0 Å². The molecular weight excluding hydrogens is 195 g/mol. The number of ether oxygens (including phenoxy) is 1. The van der Waals surface area contributed by atoms with Gasteiger partial charge < -0.3 is 10.1 Å². The molecule has 1 heterocycles. The predicted molar refractivity (Wildman–Crippen MR) is 52.6 cm³/mol. The second-order valence-electron chi connectivity index (χ2n) is 3.51. The second-order valence-corrected chi connectivity index (χ2v) is 3.51. The molecule has 1 aromatic carbocycles. The standard InChI is InChI=1S/C11H11FN2O/c12-11-2-1-8(4-13)3-9(11)7-15-10-5-14-6-10/h1-3,10,14H,5-7H2. The van der Waals surface area contributed by atoms with Crippen molar-refractivity contribution in [2.45, 2.75) is 12.7 Å². The van der Waals surface area contributed by atoms with Crippen LogP contribution in [-0.4, -0.2) is 19.2 Å². The van der Waals surface area contributed by atoms with Crippen LogP contribution in [0.25, 0.3) is 0 Å². The van der Waals surface area contributed by atoms with Crippen molar-refractivity contribution >= 4 is 0 Å². The van der Waals surface area contributed by atoms with Crippen LogP contribution in [0.5, 0.6) is 0 Å². The third-order valence-corrected chi connectivity index (χ3v) is 2.39. The Kier molecular flexibility index (Phi) is 2.95. The Labute approximate surface area is 87.5 Å². The van der Waals surface area contributed by atoms with Gasteiger partial charge in [0.1, 0.15) is 5.82 Å². The number of hydrogen-bond donors (Lipinski definition) is 1. The SMILES string of the molecule is N#Cc1ccc(F)c(COC2CNC2)c1. The van der Waals surface area contributed by atoms with Gasteiger partial charge in [-0.3, -0.25) is 0 Å². The van der Waals surface area contributed by atoms with E-state index >= 15 is 0 Å². The Morgan fingerprint density at radius 1 is 1.53 bits per heavy atom. The molecule has 0 aliphatic carbocycles. The minimum atomic E-state index is -0.318. The van der Waals surface area contributed by atoms with Crippen molar-refractivity contribution in [1.29, 1.82) is 5.26 Å². The summed E-state index contributed by atoms with van der Waals surface area (Å²) in [5.41, 5.74) is 0.905. The van der Waals surface area contributed by atoms with Crippen molar-refractivity contribution in [3.05, 3.63) is 35.1 Å². The molecule has 4 heteroatoms. The zero-order chi connectivity index (χ0) is 10.7. The van der Waals surface area contributed by atoms with E-state index in [2.05, 4.69) is 5.32 Å². The van der Waals surface area contributed by atoms with Crippen molar-refractivity contribution in [2.75, 3.05) is 13.1 Å². The molecule has 0 radical (unpaired) electrons. The fraction of sp³-hybridized carbons (Fsp3) is 0.364. The van der Waals surface area contributed by atoms with Crippen LogP contribution in [0.15, 0.2) is 18.2 Å². The molecule has 1 aromatic rings. The summed E-state index contributed by atoms with van der Waals surface area (Å²) in [4.78, 5) is 0. The van der Waals surface area contributed by atoms with Gasteiger partial charge in [0, 0.05) is 18.7 Å². The Bertz CT molecular complexity index is 396. The summed E-state index contributed by atoms with van der Waals surface area (Å²) in [6.07, 6.45) is 0.176. The minimum Gasteiger partial charge on any atom is -0.371 e. The highest BCUT2D eigenvalue weighted by Crippen LogP contribution is 2.13. The molecule has 78 valence electrons. The number of benzene rings is 1. The lowest BCUT2D eigenvalue weighted by atomic mass is 10.1. The molecule has 1 saturated heterocycles. The van der Waals surface area contributed by atoms with Gasteiger partial charge in [-0.15, -0.1) is 0 Å². The topological polar surface area (TPSA) is 45.0 Å². The molecule has 0 amide bonds. The number of rotatable bonds is 3. The third kappa shape index (κ3) is 2.32. The summed E-state index contributed by atoms with van der Waals surface area (Å²) < 4.78 is 18.7. The summed E-state index contributed by atoms with van der Waals surface area (Å²) in [6.45, 7) is 1.87. The maximum absolute atomic E-state index is 13.3. The van der Waals surface area contributed by atoms with Gasteiger partial charge in [-0.25, -0.2) is 4.39 Å². The van der Waals surface area contributed by atoms with Crippen LogP contribution in [0, 0.1) is 17.1 Å². The highest BCUT2D eigenvalue weighted by molar-refractivity contribution is 5.33. The molecule has 15 heavy (non-hydrogen) atoms. The van der Waals surface area contributed by atoms with E-state index in [1.165, 1.54) is 18.2 Å². The fourth-order valence-corrected chi connectivity index (χ4v) is 1.34. The summed E-state index contributed by atoms with van der Waals surface area (Å²) in [5.74, 6) is -0.318. The quantitative estimate of drug-likeness (QED) is 0.807. The zero-order valence-corrected chi connectivity index (χ0v) is 8.16. The van der Waals surface area contributed by atoms with Crippen molar-refractivity contribution in [1.82, 2.24) is 5.32 Å². The molecule has 2 rings (SSSR count). The summed E-state index contributed by atoms with van der Waals surface area (Å²) in [5, 5.41) is 11.7. The zero-order valence-electron chi connectivity index (χ0n) is 8.16. The maximum atomic E-state index is 13.3. The van der Waals surface area contributed by atoms with Gasteiger partial charge in [-0.05, 0) is 18.2 Å². The van der Waals surface area contributed by atoms with E-state index in [9.17, 15) is 4.39 Å². The van der Waals surface area contributed by atoms with Gasteiger partial charge in [-0.1, -0.05) is 0 Å². The van der Waals surface area contributed by atoms with Crippen molar-refractivity contribution in [3.8, 4) is 6.07 Å². The Hall–Kier alpha value is -1.44. The molecule has 0 bridgehead atoms. The number of nitrogens with zero attached hydrogens (tertiary/aromatic N) is 1. The van der Waals surface area contributed by atoms with Gasteiger partial charge in [0.25, 0.3) is 0 Å². The monoisotopic (exact) mass is 206 g/mol. The predicted octanol–water partition coefficient (Wildman–Crippen LogP) is 1.19. The molecule has 0 spiro atoms. The van der Waals surface area contributed by atoms with E-state index in [0.717, 1.165) is 13.1 Å². The summed E-state index contributed by atoms with van der Waals surface area (Å²) in [6, 6.07) is 6.27. The van der Waals surface area contributed by atoms with Gasteiger partial charge in [0.05, 0.1) is 24.3 Å². The van der Waals surface area contributed by atoms with Crippen molar-refractivity contribution in [3.63, 3.8) is 0 Å². The number of hydrogen-bond acceptors (Lipinski definition) is 3. The molecule has 0 unspecified atom stereocenters. The van der Waals surface area contributed by atoms with Gasteiger partial charge >= 0.3 is 0 Å². The smallest absolute Gasteiger partial charge is 0.128 e. The number of halogens is 1. The van der Waals surface area contributed by atoms with E-state index in [-0.39, 0.29) is 18.5 Å². The van der Waals surface area contributed by atoms with Crippen LogP contribution in [0.4, 0.5) is 4.39 Å². The first-order valence-electron chi connectivity index (χ1n) is 4.80. The van der Waals surface area contributed by atoms with Gasteiger partial charge in [0.2, 0.25) is 0 Å². The Balaban J connectivity index is 2.02. The highest BCUT2D eigenvalue weighted by atomic mass is 19.1. The first kappa shape index (κ1) is 10.1. The average Bonchev–Trinajstić information content (AvgIpc) is 2.18. The molecule has 1 N–H and O–H groups in total. The molecule has 1 fully saturated rings. The lowest BCUT2D eigenvalue weighted by Crippen LogP contribution is -2.48. The van der Waals surface area contributed by atoms with Crippen molar-refractivity contribution < 1.29 is 9.13 Å². The van der Waals surface area contributed by atoms with Crippen LogP contribution in [0.2, 0.25) is 0 Å². The minimum absolute atomic E-state index is 0.176. The Morgan fingerprint density at radius 2 is 2.33 bits per heavy atom. The molecule has 0 atom stereocenters. The third-order valence-electron chi connectivity index (χ3n) is 2.39. The second kappa shape index (κ2) is 4.39. The molecule has 1 aliphatic rings. The first-order valence-corrected chi connectivity index (χ1v) is 4.80. The Morgan fingerprint density at radius 3 is 2.93 bits per heavy atom. The average molecular weight is 206 g/mol. The molecule has 0 saturated carbocycles. The first-order chi connectivity index (χ1) is 7.29. The van der Waals surface area contributed by atoms with E-state index < -0.39 is 0 Å². The van der Waals surface area contributed by atoms with E-state index in [1.807, 2.05) is 6.07 Å². The summed E-state index contributed by atoms with van der Waals surface area (Å²) in [7, 11) is 0. The lowest BCUT2D eigenvalue weighted by Gasteiger charge is -2.27.